The molecule has 152 valence electrons. The van der Waals surface area contributed by atoms with Gasteiger partial charge < -0.3 is 14.1 Å². The topological polar surface area (TPSA) is 88.8 Å². The van der Waals surface area contributed by atoms with E-state index in [9.17, 15) is 13.2 Å². The van der Waals surface area contributed by atoms with E-state index in [0.29, 0.717) is 11.5 Å². The van der Waals surface area contributed by atoms with Gasteiger partial charge in [0.25, 0.3) is 15.9 Å². The van der Waals surface area contributed by atoms with Crippen LogP contribution in [0.4, 0.5) is 5.69 Å². The van der Waals surface area contributed by atoms with Crippen LogP contribution in [0.5, 0.6) is 5.75 Å². The largest absolute Gasteiger partial charge is 0.497 e. The van der Waals surface area contributed by atoms with E-state index < -0.39 is 10.0 Å². The van der Waals surface area contributed by atoms with Crippen LogP contribution in [0.15, 0.2) is 70.2 Å². The zero-order chi connectivity index (χ0) is 21.0. The first kappa shape index (κ1) is 20.8. The minimum atomic E-state index is -3.81. The molecule has 3 rings (SSSR count). The van der Waals surface area contributed by atoms with E-state index >= 15 is 0 Å². The highest BCUT2D eigenvalue weighted by Gasteiger charge is 2.19. The third-order valence-corrected chi connectivity index (χ3v) is 5.85. The molecule has 2 aromatic carbocycles. The molecule has 0 aliphatic heterocycles. The van der Waals surface area contributed by atoms with Gasteiger partial charge in [0.1, 0.15) is 11.5 Å². The van der Waals surface area contributed by atoms with Crippen LogP contribution in [0.3, 0.4) is 0 Å². The molecule has 1 aromatic heterocycles. The second-order valence-corrected chi connectivity index (χ2v) is 8.31. The number of amides is 1. The fourth-order valence-electron chi connectivity index (χ4n) is 2.63. The zero-order valence-corrected chi connectivity index (χ0v) is 17.3. The average Bonchev–Trinajstić information content (AvgIpc) is 3.20. The maximum absolute atomic E-state index is 12.6. The number of hydrogen-bond donors (Lipinski definition) is 1. The molecule has 0 aliphatic carbocycles. The molecule has 3 aromatic rings. The van der Waals surface area contributed by atoms with Gasteiger partial charge >= 0.3 is 0 Å². The lowest BCUT2D eigenvalue weighted by Crippen LogP contribution is -2.26. The average molecular weight is 435 g/mol. The van der Waals surface area contributed by atoms with Crippen LogP contribution in [-0.4, -0.2) is 33.4 Å². The minimum Gasteiger partial charge on any atom is -0.497 e. The van der Waals surface area contributed by atoms with Gasteiger partial charge in [0.15, 0.2) is 0 Å². The van der Waals surface area contributed by atoms with Crippen molar-refractivity contribution in [3.05, 3.63) is 77.2 Å². The van der Waals surface area contributed by atoms with Crippen molar-refractivity contribution in [3.8, 4) is 5.75 Å². The molecule has 0 atom stereocenters. The number of rotatable bonds is 7. The summed E-state index contributed by atoms with van der Waals surface area (Å²) >= 11 is 6.24. The van der Waals surface area contributed by atoms with Crippen molar-refractivity contribution in [1.29, 1.82) is 0 Å². The predicted molar refractivity (Wildman–Crippen MR) is 110 cm³/mol. The molecule has 0 bridgehead atoms. The molecule has 29 heavy (non-hydrogen) atoms. The van der Waals surface area contributed by atoms with Gasteiger partial charge in [-0.1, -0.05) is 11.6 Å². The Morgan fingerprint density at radius 2 is 1.90 bits per heavy atom. The van der Waals surface area contributed by atoms with Crippen LogP contribution < -0.4 is 9.46 Å². The van der Waals surface area contributed by atoms with Gasteiger partial charge in [-0.2, -0.15) is 0 Å². The van der Waals surface area contributed by atoms with Crippen LogP contribution in [0, 0.1) is 0 Å². The Morgan fingerprint density at radius 3 is 2.48 bits per heavy atom. The number of nitrogens with zero attached hydrogens (tertiary/aromatic N) is 1. The highest BCUT2D eigenvalue weighted by atomic mass is 35.5. The summed E-state index contributed by atoms with van der Waals surface area (Å²) in [4.78, 5) is 14.2. The number of methoxy groups -OCH3 is 1. The number of halogens is 1. The molecule has 1 heterocycles. The molecule has 0 saturated heterocycles. The highest BCUT2D eigenvalue weighted by Crippen LogP contribution is 2.25. The van der Waals surface area contributed by atoms with Crippen LogP contribution in [0.25, 0.3) is 0 Å². The highest BCUT2D eigenvalue weighted by molar-refractivity contribution is 7.92. The maximum Gasteiger partial charge on any atom is 0.261 e. The minimum absolute atomic E-state index is 0.0766. The van der Waals surface area contributed by atoms with Gasteiger partial charge in [0.2, 0.25) is 0 Å². The van der Waals surface area contributed by atoms with E-state index in [0.717, 1.165) is 0 Å². The van der Waals surface area contributed by atoms with Crippen molar-refractivity contribution in [1.82, 2.24) is 4.90 Å². The second-order valence-electron chi connectivity index (χ2n) is 6.22. The SMILES string of the molecule is COc1ccc(S(=O)(=O)Nc2ccc(C(=O)N(C)Cc3ccco3)c(Cl)c2)cc1. The third kappa shape index (κ3) is 4.90. The summed E-state index contributed by atoms with van der Waals surface area (Å²) in [6.07, 6.45) is 1.53. The van der Waals surface area contributed by atoms with E-state index in [1.807, 2.05) is 0 Å². The normalized spacial score (nSPS) is 11.1. The van der Waals surface area contributed by atoms with Crippen LogP contribution in [0.2, 0.25) is 5.02 Å². The Morgan fingerprint density at radius 1 is 1.17 bits per heavy atom. The van der Waals surface area contributed by atoms with Crippen LogP contribution >= 0.6 is 11.6 Å². The Kier molecular flexibility index (Phi) is 6.14. The Labute approximate surface area is 173 Å². The van der Waals surface area contributed by atoms with Crippen molar-refractivity contribution >= 4 is 33.2 Å². The number of carbonyl (C=O) groups excluding carboxylic acids is 1. The Bertz CT molecular complexity index is 1100. The summed E-state index contributed by atoms with van der Waals surface area (Å²) < 4.78 is 37.8. The zero-order valence-electron chi connectivity index (χ0n) is 15.8. The quantitative estimate of drug-likeness (QED) is 0.606. The summed E-state index contributed by atoms with van der Waals surface area (Å²) in [5, 5.41) is 0.135. The Balaban J connectivity index is 1.75. The number of anilines is 1. The molecule has 0 aliphatic rings. The molecule has 0 unspecified atom stereocenters. The number of furan rings is 1. The van der Waals surface area contributed by atoms with Crippen LogP contribution in [0.1, 0.15) is 16.1 Å². The van der Waals surface area contributed by atoms with E-state index in [4.69, 9.17) is 20.8 Å². The first-order valence-corrected chi connectivity index (χ1v) is 10.4. The number of ether oxygens (including phenoxy) is 1. The molecule has 0 spiro atoms. The molecule has 0 saturated carbocycles. The van der Waals surface area contributed by atoms with E-state index in [-0.39, 0.29) is 33.6 Å². The van der Waals surface area contributed by atoms with Crippen molar-refractivity contribution < 1.29 is 22.4 Å². The van der Waals surface area contributed by atoms with Gasteiger partial charge in [-0.25, -0.2) is 8.42 Å². The molecule has 0 radical (unpaired) electrons. The number of hydrogen-bond acceptors (Lipinski definition) is 5. The van der Waals surface area contributed by atoms with Crippen molar-refractivity contribution in [3.63, 3.8) is 0 Å². The number of sulfonamides is 1. The molecule has 1 amide bonds. The first-order chi connectivity index (χ1) is 13.8. The summed E-state index contributed by atoms with van der Waals surface area (Å²) in [7, 11) is -0.686. The van der Waals surface area contributed by atoms with Crippen molar-refractivity contribution in [2.45, 2.75) is 11.4 Å². The second kappa shape index (κ2) is 8.59. The van der Waals surface area contributed by atoms with Crippen molar-refractivity contribution in [2.24, 2.45) is 0 Å². The fraction of sp³-hybridized carbons (Fsp3) is 0.150. The van der Waals surface area contributed by atoms with Gasteiger partial charge in [-0.3, -0.25) is 9.52 Å². The third-order valence-electron chi connectivity index (χ3n) is 4.14. The smallest absolute Gasteiger partial charge is 0.261 e. The molecule has 9 heteroatoms. The summed E-state index contributed by atoms with van der Waals surface area (Å²) in [5.41, 5.74) is 0.504. The molecule has 0 fully saturated rings. The van der Waals surface area contributed by atoms with Gasteiger partial charge in [0.05, 0.1) is 41.1 Å². The van der Waals surface area contributed by atoms with E-state index in [1.54, 1.807) is 31.3 Å². The monoisotopic (exact) mass is 434 g/mol. The van der Waals surface area contributed by atoms with E-state index in [2.05, 4.69) is 4.72 Å². The molecular weight excluding hydrogens is 416 g/mol. The van der Waals surface area contributed by atoms with Gasteiger partial charge in [0, 0.05) is 7.05 Å². The lowest BCUT2D eigenvalue weighted by atomic mass is 10.2. The Hall–Kier alpha value is -2.97. The molecular formula is C20H19ClN2O5S. The number of carbonyl (C=O) groups is 1. The van der Waals surface area contributed by atoms with Gasteiger partial charge in [-0.05, 0) is 54.6 Å². The first-order valence-electron chi connectivity index (χ1n) is 8.54. The van der Waals surface area contributed by atoms with Gasteiger partial charge in [-0.15, -0.1) is 0 Å². The summed E-state index contributed by atoms with van der Waals surface area (Å²) in [5.74, 6) is 0.880. The van der Waals surface area contributed by atoms with Crippen molar-refractivity contribution in [2.75, 3.05) is 18.9 Å². The summed E-state index contributed by atoms with van der Waals surface area (Å²) in [6, 6.07) is 13.9. The maximum atomic E-state index is 12.6. The lowest BCUT2D eigenvalue weighted by molar-refractivity contribution is 0.0775. The number of nitrogens with one attached hydrogen (secondary N) is 1. The lowest BCUT2D eigenvalue weighted by Gasteiger charge is -2.17. The molecule has 7 nitrogen and oxygen atoms in total. The van der Waals surface area contributed by atoms with E-state index in [1.165, 1.54) is 48.6 Å². The molecule has 1 N–H and O–H groups in total. The van der Waals surface area contributed by atoms with Crippen LogP contribution in [-0.2, 0) is 16.6 Å². The standard InChI is InChI=1S/C20H19ClN2O5S/c1-23(13-16-4-3-11-28-16)20(24)18-10-5-14(12-19(18)21)22-29(25,26)17-8-6-15(27-2)7-9-17/h3-12,22H,13H2,1-2H3. The fourth-order valence-corrected chi connectivity index (χ4v) is 3.95. The number of benzene rings is 2. The predicted octanol–water partition coefficient (Wildman–Crippen LogP) is 4.01. The summed E-state index contributed by atoms with van der Waals surface area (Å²) in [6.45, 7) is 0.286.